The van der Waals surface area contributed by atoms with Gasteiger partial charge in [-0.2, -0.15) is 26.3 Å². The van der Waals surface area contributed by atoms with Crippen LogP contribution in [-0.4, -0.2) is 77.6 Å². The summed E-state index contributed by atoms with van der Waals surface area (Å²) in [4.78, 5) is 58.2. The topological polar surface area (TPSA) is 319 Å². The fraction of sp³-hybridized carbons (Fsp3) is 0.132. The molecule has 0 heterocycles. The second-order valence-corrected chi connectivity index (χ2v) is 22.0. The average molecular weight is 1440 g/mol. The number of hydrogen-bond acceptors (Lipinski definition) is 13. The Bertz CT molecular complexity index is 3880. The molecule has 0 fully saturated rings. The van der Waals surface area contributed by atoms with Crippen LogP contribution in [0.15, 0.2) is 193 Å². The zero-order valence-electron chi connectivity index (χ0n) is 50.5. The van der Waals surface area contributed by atoms with E-state index in [-0.39, 0.29) is 87.2 Å². The minimum absolute atomic E-state index is 0.0000772. The minimum atomic E-state index is -4.50. The van der Waals surface area contributed by atoms with Crippen LogP contribution in [0.25, 0.3) is 0 Å². The number of rotatable bonds is 14. The van der Waals surface area contributed by atoms with Crippen molar-refractivity contribution in [1.82, 2.24) is 31.9 Å². The van der Waals surface area contributed by atoms with Crippen molar-refractivity contribution < 1.29 is 91.2 Å². The Hall–Kier alpha value is -10.8. The molecule has 0 aliphatic rings. The van der Waals surface area contributed by atoms with E-state index >= 15 is 0 Å². The molecule has 9 aromatic carbocycles. The zero-order valence-corrected chi connectivity index (χ0v) is 53.6. The average Bonchev–Trinajstić information content (AvgIpc) is 1.07. The number of aromatic hydroxyl groups is 8. The van der Waals surface area contributed by atoms with Crippen molar-refractivity contribution in [2.75, 3.05) is 7.05 Å². The Morgan fingerprint density at radius 2 is 0.719 bits per heavy atom. The smallest absolute Gasteiger partial charge is 0.417 e. The fourth-order valence-corrected chi connectivity index (χ4v) is 8.35. The molecule has 0 atom stereocenters. The number of phenolic OH excluding ortho intramolecular Hbond substituents is 8. The van der Waals surface area contributed by atoms with Gasteiger partial charge in [-0.05, 0) is 156 Å². The normalized spacial score (nSPS) is 10.6. The maximum Gasteiger partial charge on any atom is 0.417 e. The van der Waals surface area contributed by atoms with Crippen molar-refractivity contribution in [3.8, 4) is 46.0 Å². The molecular formula is C68H61BrCl2F6N6O13. The highest BCUT2D eigenvalue weighted by atomic mass is 79.9. The quantitative estimate of drug-likeness (QED) is 0.0356. The molecule has 96 heavy (non-hydrogen) atoms. The summed E-state index contributed by atoms with van der Waals surface area (Å²) in [5, 5.41) is 89.5. The highest BCUT2D eigenvalue weighted by Crippen LogP contribution is 2.36. The van der Waals surface area contributed by atoms with E-state index in [0.29, 0.717) is 46.9 Å². The highest BCUT2D eigenvalue weighted by molar-refractivity contribution is 9.10. The Balaban J connectivity index is 0.000000218. The molecule has 0 aliphatic heterocycles. The summed E-state index contributed by atoms with van der Waals surface area (Å²) < 4.78 is 76.2. The Labute approximate surface area is 563 Å². The molecule has 0 spiro atoms. The number of carbonyl (C=O) groups is 5. The summed E-state index contributed by atoms with van der Waals surface area (Å²) in [5.41, 5.74) is 3.95. The number of urea groups is 1. The van der Waals surface area contributed by atoms with E-state index in [2.05, 4.69) is 47.8 Å². The van der Waals surface area contributed by atoms with Crippen molar-refractivity contribution in [2.45, 2.75) is 52.0 Å². The van der Waals surface area contributed by atoms with Gasteiger partial charge in [-0.3, -0.25) is 19.2 Å². The van der Waals surface area contributed by atoms with E-state index < -0.39 is 41.2 Å². The first-order valence-corrected chi connectivity index (χ1v) is 29.6. The van der Waals surface area contributed by atoms with Gasteiger partial charge in [0, 0.05) is 71.5 Å². The van der Waals surface area contributed by atoms with E-state index in [4.69, 9.17) is 33.4 Å². The van der Waals surface area contributed by atoms with E-state index in [1.807, 2.05) is 67.6 Å². The molecule has 19 nitrogen and oxygen atoms in total. The van der Waals surface area contributed by atoms with E-state index in [1.54, 1.807) is 12.1 Å². The maximum atomic E-state index is 12.6. The fourth-order valence-electron chi connectivity index (χ4n) is 7.73. The third-order valence-corrected chi connectivity index (χ3v) is 14.1. The first-order valence-electron chi connectivity index (χ1n) is 28.0. The predicted octanol–water partition coefficient (Wildman–Crippen LogP) is 13.6. The molecule has 0 unspecified atom stereocenters. The third kappa shape index (κ3) is 25.2. The molecular weight excluding hydrogens is 1370 g/mol. The van der Waals surface area contributed by atoms with Crippen molar-refractivity contribution in [2.24, 2.45) is 0 Å². The van der Waals surface area contributed by atoms with Crippen LogP contribution in [0.5, 0.6) is 46.0 Å². The lowest BCUT2D eigenvalue weighted by Crippen LogP contribution is -2.32. The lowest BCUT2D eigenvalue weighted by Gasteiger charge is -2.11. The van der Waals surface area contributed by atoms with Gasteiger partial charge in [0.05, 0.1) is 16.1 Å². The minimum Gasteiger partial charge on any atom is -0.504 e. The van der Waals surface area contributed by atoms with E-state index in [1.165, 1.54) is 91.5 Å². The summed E-state index contributed by atoms with van der Waals surface area (Å²) >= 11 is 14.6. The standard InChI is InChI=1S/C15H12F3NO3.C15H15NO3.C14H12BrNO3.C14H12ClNO3.C10H10ClF3N2O/c16-15(17,18)11-3-1-2-9(6-11)8-19-14(22)10-4-5-12(20)13(21)7-10;1-10-2-4-11(5-3-10)9-16-15(19)12-6-7-13(17)14(18)8-12;2*15-11-4-1-9(2-5-11)8-16-14(19)10-3-6-12(17)13(18)7-10;1-15-9(17)16-5-6-2-3-8(11)7(4-6)10(12,13)14/h1-7,20-21H,8H2,(H,19,22);2-8,17-18H,9H2,1H3,(H,16,19);2*1-7,17-18H,8H2,(H,16,19);2-4H,5H2,1H3,(H2,15,16,17). The van der Waals surface area contributed by atoms with Crippen LogP contribution >= 0.6 is 39.1 Å². The molecule has 6 amide bonds. The Kier molecular flexibility index (Phi) is 28.5. The number of alkyl halides is 6. The van der Waals surface area contributed by atoms with Gasteiger partial charge in [-0.15, -0.1) is 0 Å². The van der Waals surface area contributed by atoms with Gasteiger partial charge in [0.2, 0.25) is 0 Å². The van der Waals surface area contributed by atoms with Crippen molar-refractivity contribution in [3.05, 3.63) is 269 Å². The number of amides is 6. The van der Waals surface area contributed by atoms with Gasteiger partial charge in [0.15, 0.2) is 46.0 Å². The van der Waals surface area contributed by atoms with Crippen LogP contribution < -0.4 is 31.9 Å². The molecule has 9 rings (SSSR count). The molecule has 9 aromatic rings. The second-order valence-electron chi connectivity index (χ2n) is 20.2. The number of benzene rings is 9. The molecule has 0 saturated heterocycles. The van der Waals surface area contributed by atoms with E-state index in [0.717, 1.165) is 57.6 Å². The SMILES string of the molecule is CNC(=O)NCc1ccc(Cl)c(C(F)(F)F)c1.Cc1ccc(CNC(=O)c2ccc(O)c(O)c2)cc1.O=C(NCc1ccc(Br)cc1)c1ccc(O)c(O)c1.O=C(NCc1ccc(Cl)cc1)c1ccc(O)c(O)c1.O=C(NCc1cccc(C(F)(F)F)c1)c1ccc(O)c(O)c1. The first kappa shape index (κ1) is 75.9. The van der Waals surface area contributed by atoms with Crippen LogP contribution in [0.2, 0.25) is 10.0 Å². The van der Waals surface area contributed by atoms with Crippen molar-refractivity contribution >= 4 is 68.8 Å². The molecule has 0 aromatic heterocycles. The molecule has 0 bridgehead atoms. The van der Waals surface area contributed by atoms with Gasteiger partial charge in [0.25, 0.3) is 23.6 Å². The largest absolute Gasteiger partial charge is 0.504 e. The number of nitrogens with one attached hydrogen (secondary N) is 6. The summed E-state index contributed by atoms with van der Waals surface area (Å²) in [6.07, 6.45) is -8.94. The number of hydrogen-bond donors (Lipinski definition) is 14. The lowest BCUT2D eigenvalue weighted by atomic mass is 10.1. The highest BCUT2D eigenvalue weighted by Gasteiger charge is 2.33. The van der Waals surface area contributed by atoms with Crippen LogP contribution in [0.4, 0.5) is 31.1 Å². The zero-order chi connectivity index (χ0) is 70.9. The first-order chi connectivity index (χ1) is 45.3. The van der Waals surface area contributed by atoms with Gasteiger partial charge < -0.3 is 72.8 Å². The molecule has 14 N–H and O–H groups in total. The molecule has 0 aliphatic carbocycles. The van der Waals surface area contributed by atoms with Gasteiger partial charge >= 0.3 is 18.4 Å². The molecule has 0 saturated carbocycles. The van der Waals surface area contributed by atoms with Crippen molar-refractivity contribution in [1.29, 1.82) is 0 Å². The van der Waals surface area contributed by atoms with E-state index in [9.17, 15) is 81.0 Å². The molecule has 28 heteroatoms. The summed E-state index contributed by atoms with van der Waals surface area (Å²) in [5.74, 6) is -4.00. The van der Waals surface area contributed by atoms with Crippen LogP contribution in [0.1, 0.15) is 85.9 Å². The molecule has 0 radical (unpaired) electrons. The summed E-state index contributed by atoms with van der Waals surface area (Å²) in [6, 6.07) is 45.6. The Morgan fingerprint density at radius 3 is 1.07 bits per heavy atom. The van der Waals surface area contributed by atoms with Crippen LogP contribution in [0, 0.1) is 6.92 Å². The second kappa shape index (κ2) is 36.0. The van der Waals surface area contributed by atoms with Crippen LogP contribution in [-0.2, 0) is 45.1 Å². The van der Waals surface area contributed by atoms with Crippen molar-refractivity contribution in [3.63, 3.8) is 0 Å². The number of carbonyl (C=O) groups excluding carboxylic acids is 5. The lowest BCUT2D eigenvalue weighted by molar-refractivity contribution is -0.138. The summed E-state index contributed by atoms with van der Waals surface area (Å²) in [7, 11) is 1.42. The summed E-state index contributed by atoms with van der Waals surface area (Å²) in [6.45, 7) is 3.08. The van der Waals surface area contributed by atoms with Gasteiger partial charge in [0.1, 0.15) is 0 Å². The van der Waals surface area contributed by atoms with Crippen LogP contribution in [0.3, 0.4) is 0 Å². The number of halogens is 9. The maximum absolute atomic E-state index is 12.6. The molecule has 504 valence electrons. The van der Waals surface area contributed by atoms with Gasteiger partial charge in [-0.25, -0.2) is 4.79 Å². The monoisotopic (exact) mass is 1430 g/mol. The van der Waals surface area contributed by atoms with Gasteiger partial charge in [-0.1, -0.05) is 111 Å². The number of phenols is 8. The number of aryl methyl sites for hydroxylation is 1. The predicted molar refractivity (Wildman–Crippen MR) is 350 cm³/mol. The Morgan fingerprint density at radius 1 is 0.385 bits per heavy atom. The third-order valence-electron chi connectivity index (χ3n) is 13.0.